The fraction of sp³-hybridized carbons (Fsp3) is 0.917. The number of carbonyl (C=O) groups excluding carboxylic acids is 1. The maximum atomic E-state index is 11.8. The van der Waals surface area contributed by atoms with Crippen LogP contribution in [0.4, 0.5) is 0 Å². The number of nitrogens with zero attached hydrogens (tertiary/aromatic N) is 1. The van der Waals surface area contributed by atoms with Crippen LogP contribution in [0.5, 0.6) is 0 Å². The van der Waals surface area contributed by atoms with E-state index in [0.717, 1.165) is 39.0 Å². The van der Waals surface area contributed by atoms with Gasteiger partial charge in [-0.05, 0) is 25.8 Å². The van der Waals surface area contributed by atoms with Crippen molar-refractivity contribution in [2.24, 2.45) is 5.41 Å². The van der Waals surface area contributed by atoms with E-state index < -0.39 is 0 Å². The van der Waals surface area contributed by atoms with Crippen LogP contribution in [0.3, 0.4) is 0 Å². The molecule has 1 unspecified atom stereocenters. The molecule has 2 fully saturated rings. The number of amides is 1. The van der Waals surface area contributed by atoms with Crippen molar-refractivity contribution in [3.05, 3.63) is 0 Å². The normalized spacial score (nSPS) is 29.2. The Labute approximate surface area is 97.3 Å². The summed E-state index contributed by atoms with van der Waals surface area (Å²) in [7, 11) is 0. The standard InChI is InChI=1S/C12H22N2O2/c1-2-7-16-8-11(15)14-6-4-12(10-14)3-5-13-9-12/h13H,2-10H2,1H3. The van der Waals surface area contributed by atoms with Gasteiger partial charge in [0.15, 0.2) is 0 Å². The highest BCUT2D eigenvalue weighted by Gasteiger charge is 2.41. The lowest BCUT2D eigenvalue weighted by Crippen LogP contribution is -2.35. The Bertz CT molecular complexity index is 249. The van der Waals surface area contributed by atoms with Crippen molar-refractivity contribution in [2.45, 2.75) is 26.2 Å². The predicted octanol–water partition coefficient (Wildman–Crippen LogP) is 0.625. The van der Waals surface area contributed by atoms with E-state index in [1.165, 1.54) is 6.42 Å². The number of rotatable bonds is 4. The van der Waals surface area contributed by atoms with E-state index in [-0.39, 0.29) is 12.5 Å². The van der Waals surface area contributed by atoms with Gasteiger partial charge in [-0.2, -0.15) is 0 Å². The molecule has 2 aliphatic heterocycles. The molecule has 4 heteroatoms. The number of carbonyl (C=O) groups is 1. The molecule has 1 atom stereocenters. The zero-order chi connectivity index (χ0) is 11.4. The minimum atomic E-state index is 0.164. The van der Waals surface area contributed by atoms with Crippen molar-refractivity contribution in [1.82, 2.24) is 10.2 Å². The molecule has 0 aromatic heterocycles. The molecular weight excluding hydrogens is 204 g/mol. The lowest BCUT2D eigenvalue weighted by molar-refractivity contribution is -0.135. The van der Waals surface area contributed by atoms with Crippen molar-refractivity contribution >= 4 is 5.91 Å². The number of likely N-dealkylation sites (tertiary alicyclic amines) is 1. The van der Waals surface area contributed by atoms with E-state index in [4.69, 9.17) is 4.74 Å². The lowest BCUT2D eigenvalue weighted by atomic mass is 9.87. The molecule has 2 rings (SSSR count). The van der Waals surface area contributed by atoms with Crippen molar-refractivity contribution in [2.75, 3.05) is 39.4 Å². The van der Waals surface area contributed by atoms with Crippen LogP contribution in [0, 0.1) is 5.41 Å². The summed E-state index contributed by atoms with van der Waals surface area (Å²) < 4.78 is 5.30. The van der Waals surface area contributed by atoms with Crippen molar-refractivity contribution < 1.29 is 9.53 Å². The number of hydrogen-bond acceptors (Lipinski definition) is 3. The van der Waals surface area contributed by atoms with Gasteiger partial charge in [0.1, 0.15) is 6.61 Å². The molecule has 0 aromatic rings. The Kier molecular flexibility index (Phi) is 3.82. The molecule has 92 valence electrons. The highest BCUT2D eigenvalue weighted by atomic mass is 16.5. The van der Waals surface area contributed by atoms with Gasteiger partial charge >= 0.3 is 0 Å². The van der Waals surface area contributed by atoms with Gasteiger partial charge in [0.05, 0.1) is 0 Å². The summed E-state index contributed by atoms with van der Waals surface area (Å²) in [5.74, 6) is 0.164. The summed E-state index contributed by atoms with van der Waals surface area (Å²) in [5.41, 5.74) is 0.375. The molecule has 0 aliphatic carbocycles. The summed E-state index contributed by atoms with van der Waals surface area (Å²) in [6, 6.07) is 0. The second kappa shape index (κ2) is 5.15. The molecular formula is C12H22N2O2. The largest absolute Gasteiger partial charge is 0.372 e. The monoisotopic (exact) mass is 226 g/mol. The summed E-state index contributed by atoms with van der Waals surface area (Å²) in [4.78, 5) is 13.8. The van der Waals surface area contributed by atoms with Crippen molar-refractivity contribution in [3.63, 3.8) is 0 Å². The van der Waals surface area contributed by atoms with E-state index in [2.05, 4.69) is 12.2 Å². The van der Waals surface area contributed by atoms with Crippen LogP contribution in [0.15, 0.2) is 0 Å². The summed E-state index contributed by atoms with van der Waals surface area (Å²) >= 11 is 0. The Hall–Kier alpha value is -0.610. The lowest BCUT2D eigenvalue weighted by Gasteiger charge is -2.22. The molecule has 16 heavy (non-hydrogen) atoms. The molecule has 0 saturated carbocycles. The Balaban J connectivity index is 1.77. The molecule has 0 aromatic carbocycles. The summed E-state index contributed by atoms with van der Waals surface area (Å²) in [5, 5.41) is 3.40. The zero-order valence-electron chi connectivity index (χ0n) is 10.1. The Morgan fingerprint density at radius 2 is 2.38 bits per heavy atom. The van der Waals surface area contributed by atoms with E-state index >= 15 is 0 Å². The quantitative estimate of drug-likeness (QED) is 0.715. The van der Waals surface area contributed by atoms with Gasteiger partial charge in [0.25, 0.3) is 0 Å². The number of ether oxygens (including phenoxy) is 1. The molecule has 0 radical (unpaired) electrons. The first-order chi connectivity index (χ1) is 7.76. The third-order valence-corrected chi connectivity index (χ3v) is 3.70. The summed E-state index contributed by atoms with van der Waals surface area (Å²) in [6.07, 6.45) is 3.34. The molecule has 2 saturated heterocycles. The van der Waals surface area contributed by atoms with Gasteiger partial charge in [0, 0.05) is 31.7 Å². The molecule has 4 nitrogen and oxygen atoms in total. The fourth-order valence-electron chi connectivity index (χ4n) is 2.69. The van der Waals surface area contributed by atoms with E-state index in [1.807, 2.05) is 4.90 Å². The van der Waals surface area contributed by atoms with Crippen molar-refractivity contribution in [3.8, 4) is 0 Å². The van der Waals surface area contributed by atoms with Crippen LogP contribution < -0.4 is 5.32 Å². The van der Waals surface area contributed by atoms with Crippen LogP contribution in [-0.2, 0) is 9.53 Å². The van der Waals surface area contributed by atoms with Crippen LogP contribution in [0.1, 0.15) is 26.2 Å². The first-order valence-electron chi connectivity index (χ1n) is 6.32. The number of hydrogen-bond donors (Lipinski definition) is 1. The van der Waals surface area contributed by atoms with Gasteiger partial charge in [-0.3, -0.25) is 4.79 Å². The van der Waals surface area contributed by atoms with Gasteiger partial charge in [0.2, 0.25) is 5.91 Å². The van der Waals surface area contributed by atoms with Crippen LogP contribution in [-0.4, -0.2) is 50.2 Å². The van der Waals surface area contributed by atoms with E-state index in [0.29, 0.717) is 12.0 Å². The highest BCUT2D eigenvalue weighted by Crippen LogP contribution is 2.35. The van der Waals surface area contributed by atoms with E-state index in [9.17, 15) is 4.79 Å². The highest BCUT2D eigenvalue weighted by molar-refractivity contribution is 5.77. The topological polar surface area (TPSA) is 41.6 Å². The van der Waals surface area contributed by atoms with Gasteiger partial charge in [-0.15, -0.1) is 0 Å². The van der Waals surface area contributed by atoms with Crippen LogP contribution in [0.25, 0.3) is 0 Å². The molecule has 1 N–H and O–H groups in total. The molecule has 0 bridgehead atoms. The number of nitrogens with one attached hydrogen (secondary N) is 1. The summed E-state index contributed by atoms with van der Waals surface area (Å²) in [6.45, 7) is 7.02. The third-order valence-electron chi connectivity index (χ3n) is 3.70. The van der Waals surface area contributed by atoms with Crippen LogP contribution >= 0.6 is 0 Å². The van der Waals surface area contributed by atoms with Gasteiger partial charge in [-0.1, -0.05) is 6.92 Å². The second-order valence-corrected chi connectivity index (χ2v) is 5.04. The molecule has 2 aliphatic rings. The Morgan fingerprint density at radius 1 is 1.50 bits per heavy atom. The minimum Gasteiger partial charge on any atom is -0.372 e. The average molecular weight is 226 g/mol. The zero-order valence-corrected chi connectivity index (χ0v) is 10.1. The van der Waals surface area contributed by atoms with Crippen molar-refractivity contribution in [1.29, 1.82) is 0 Å². The Morgan fingerprint density at radius 3 is 3.06 bits per heavy atom. The first-order valence-corrected chi connectivity index (χ1v) is 6.32. The maximum Gasteiger partial charge on any atom is 0.248 e. The molecule has 1 spiro atoms. The molecule has 2 heterocycles. The second-order valence-electron chi connectivity index (χ2n) is 5.04. The minimum absolute atomic E-state index is 0.164. The average Bonchev–Trinajstić information content (AvgIpc) is 2.90. The van der Waals surface area contributed by atoms with Gasteiger partial charge in [-0.25, -0.2) is 0 Å². The SMILES string of the molecule is CCCOCC(=O)N1CCC2(CCNC2)C1. The third kappa shape index (κ3) is 2.55. The van der Waals surface area contributed by atoms with E-state index in [1.54, 1.807) is 0 Å². The van der Waals surface area contributed by atoms with Gasteiger partial charge < -0.3 is 15.0 Å². The smallest absolute Gasteiger partial charge is 0.248 e. The fourth-order valence-corrected chi connectivity index (χ4v) is 2.69. The molecule has 1 amide bonds. The maximum absolute atomic E-state index is 11.8. The first kappa shape index (κ1) is 11.9. The predicted molar refractivity (Wildman–Crippen MR) is 62.2 cm³/mol. The van der Waals surface area contributed by atoms with Crippen LogP contribution in [0.2, 0.25) is 0 Å².